The quantitative estimate of drug-likeness (QED) is 0.203. The van der Waals surface area contributed by atoms with Crippen molar-refractivity contribution >= 4 is 34.1 Å². The third-order valence-electron chi connectivity index (χ3n) is 5.81. The van der Waals surface area contributed by atoms with E-state index in [1.54, 1.807) is 44.6 Å². The van der Waals surface area contributed by atoms with Gasteiger partial charge in [0.05, 0.1) is 32.2 Å². The van der Waals surface area contributed by atoms with Crippen molar-refractivity contribution in [3.05, 3.63) is 84.1 Å². The van der Waals surface area contributed by atoms with Crippen molar-refractivity contribution in [1.29, 1.82) is 0 Å². The van der Waals surface area contributed by atoms with Gasteiger partial charge < -0.3 is 23.9 Å². The number of rotatable bonds is 9. The molecular formula is C30H29NO6. The van der Waals surface area contributed by atoms with Gasteiger partial charge in [0.2, 0.25) is 5.91 Å². The van der Waals surface area contributed by atoms with Crippen molar-refractivity contribution in [2.24, 2.45) is 0 Å². The van der Waals surface area contributed by atoms with Crippen LogP contribution in [0.15, 0.2) is 77.4 Å². The van der Waals surface area contributed by atoms with Gasteiger partial charge in [-0.3, -0.25) is 4.79 Å². The molecular weight excluding hydrogens is 470 g/mol. The lowest BCUT2D eigenvalue weighted by atomic mass is 9.99. The van der Waals surface area contributed by atoms with E-state index in [1.165, 1.54) is 6.08 Å². The maximum Gasteiger partial charge on any atom is 0.338 e. The molecule has 0 fully saturated rings. The fraction of sp³-hybridized carbons (Fsp3) is 0.200. The van der Waals surface area contributed by atoms with Gasteiger partial charge in [-0.15, -0.1) is 0 Å². The molecule has 1 heterocycles. The van der Waals surface area contributed by atoms with Gasteiger partial charge in [-0.2, -0.15) is 0 Å². The number of esters is 1. The molecule has 1 N–H and O–H groups in total. The van der Waals surface area contributed by atoms with Crippen LogP contribution in [0.4, 0.5) is 5.69 Å². The van der Waals surface area contributed by atoms with Crippen LogP contribution in [0.3, 0.4) is 0 Å². The Kier molecular flexibility index (Phi) is 7.93. The summed E-state index contributed by atoms with van der Waals surface area (Å²) < 4.78 is 21.9. The molecule has 0 saturated carbocycles. The number of carbonyl (C=O) groups excluding carboxylic acids is 2. The van der Waals surface area contributed by atoms with E-state index in [2.05, 4.69) is 5.32 Å². The Morgan fingerprint density at radius 3 is 2.35 bits per heavy atom. The number of methoxy groups -OCH3 is 1. The van der Waals surface area contributed by atoms with Crippen LogP contribution in [0, 0.1) is 0 Å². The molecule has 0 atom stereocenters. The van der Waals surface area contributed by atoms with Crippen LogP contribution in [0.25, 0.3) is 27.7 Å². The Morgan fingerprint density at radius 1 is 0.973 bits per heavy atom. The smallest absolute Gasteiger partial charge is 0.338 e. The number of fused-ring (bicyclic) bond motifs is 1. The standard InChI is InChI=1S/C30H29NO6/c1-5-35-23-13-9-20(10-14-23)26-18-37-28-17-27(34-4)24(16-25(26)28)19(3)15-29(32)31-22-11-7-21(8-12-22)30(33)36-6-2/h7-18H,5-6H2,1-4H3,(H,31,32)/b19-15+. The molecule has 0 aliphatic rings. The summed E-state index contributed by atoms with van der Waals surface area (Å²) >= 11 is 0. The summed E-state index contributed by atoms with van der Waals surface area (Å²) in [4.78, 5) is 24.6. The third kappa shape index (κ3) is 5.83. The average molecular weight is 500 g/mol. The van der Waals surface area contributed by atoms with Crippen LogP contribution in [0.5, 0.6) is 11.5 Å². The zero-order chi connectivity index (χ0) is 26.4. The molecule has 7 heteroatoms. The molecule has 0 unspecified atom stereocenters. The molecule has 0 bridgehead atoms. The molecule has 0 saturated heterocycles. The van der Waals surface area contributed by atoms with Gasteiger partial charge in [-0.05, 0) is 74.4 Å². The molecule has 7 nitrogen and oxygen atoms in total. The van der Waals surface area contributed by atoms with E-state index in [0.29, 0.717) is 35.8 Å². The number of amides is 1. The zero-order valence-corrected chi connectivity index (χ0v) is 21.3. The lowest BCUT2D eigenvalue weighted by Crippen LogP contribution is -2.09. The lowest BCUT2D eigenvalue weighted by molar-refractivity contribution is -0.111. The van der Waals surface area contributed by atoms with Crippen molar-refractivity contribution < 1.29 is 28.2 Å². The van der Waals surface area contributed by atoms with Gasteiger partial charge in [0, 0.05) is 34.3 Å². The fourth-order valence-electron chi connectivity index (χ4n) is 4.01. The van der Waals surface area contributed by atoms with Crippen molar-refractivity contribution in [1.82, 2.24) is 0 Å². The summed E-state index contributed by atoms with van der Waals surface area (Å²) in [6, 6.07) is 18.2. The number of allylic oxidation sites excluding steroid dienone is 1. The van der Waals surface area contributed by atoms with Crippen LogP contribution in [0.1, 0.15) is 36.7 Å². The summed E-state index contributed by atoms with van der Waals surface area (Å²) in [5, 5.41) is 3.73. The van der Waals surface area contributed by atoms with E-state index < -0.39 is 5.97 Å². The molecule has 37 heavy (non-hydrogen) atoms. The highest BCUT2D eigenvalue weighted by Crippen LogP contribution is 2.37. The predicted octanol–water partition coefficient (Wildman–Crippen LogP) is 6.73. The molecule has 0 aliphatic heterocycles. The van der Waals surface area contributed by atoms with Gasteiger partial charge in [0.25, 0.3) is 0 Å². The molecule has 1 aromatic heterocycles. The van der Waals surface area contributed by atoms with Crippen LogP contribution in [0.2, 0.25) is 0 Å². The van der Waals surface area contributed by atoms with E-state index in [1.807, 2.05) is 50.2 Å². The normalized spacial score (nSPS) is 11.3. The van der Waals surface area contributed by atoms with Gasteiger partial charge in [0.1, 0.15) is 17.1 Å². The maximum atomic E-state index is 12.8. The molecule has 0 spiro atoms. The Hall–Kier alpha value is -4.52. The second-order valence-electron chi connectivity index (χ2n) is 8.27. The van der Waals surface area contributed by atoms with Crippen LogP contribution in [-0.4, -0.2) is 32.2 Å². The molecule has 3 aromatic carbocycles. The number of ether oxygens (including phenoxy) is 3. The SMILES string of the molecule is CCOC(=O)c1ccc(NC(=O)/C=C(\C)c2cc3c(-c4ccc(OCC)cc4)coc3cc2OC)cc1. The molecule has 4 rings (SSSR count). The molecule has 190 valence electrons. The summed E-state index contributed by atoms with van der Waals surface area (Å²) in [6.45, 7) is 6.46. The number of nitrogens with one attached hydrogen (secondary N) is 1. The van der Waals surface area contributed by atoms with Crippen molar-refractivity contribution in [2.75, 3.05) is 25.6 Å². The van der Waals surface area contributed by atoms with Gasteiger partial charge >= 0.3 is 5.97 Å². The Bertz CT molecular complexity index is 1430. The minimum absolute atomic E-state index is 0.303. The highest BCUT2D eigenvalue weighted by atomic mass is 16.5. The second-order valence-corrected chi connectivity index (χ2v) is 8.27. The maximum absolute atomic E-state index is 12.8. The highest BCUT2D eigenvalue weighted by Gasteiger charge is 2.15. The van der Waals surface area contributed by atoms with Crippen molar-refractivity contribution in [3.63, 3.8) is 0 Å². The van der Waals surface area contributed by atoms with E-state index in [-0.39, 0.29) is 5.91 Å². The summed E-state index contributed by atoms with van der Waals surface area (Å²) in [5.74, 6) is 0.701. The number of carbonyl (C=O) groups is 2. The summed E-state index contributed by atoms with van der Waals surface area (Å²) in [6.07, 6.45) is 3.23. The van der Waals surface area contributed by atoms with E-state index in [0.717, 1.165) is 33.4 Å². The first-order valence-corrected chi connectivity index (χ1v) is 12.0. The number of hydrogen-bond donors (Lipinski definition) is 1. The zero-order valence-electron chi connectivity index (χ0n) is 21.3. The van der Waals surface area contributed by atoms with Gasteiger partial charge in [-0.25, -0.2) is 4.79 Å². The Morgan fingerprint density at radius 2 is 1.70 bits per heavy atom. The highest BCUT2D eigenvalue weighted by molar-refractivity contribution is 6.05. The largest absolute Gasteiger partial charge is 0.496 e. The van der Waals surface area contributed by atoms with Gasteiger partial charge in [0.15, 0.2) is 0 Å². The third-order valence-corrected chi connectivity index (χ3v) is 5.81. The first-order valence-electron chi connectivity index (χ1n) is 12.0. The topological polar surface area (TPSA) is 87.0 Å². The predicted molar refractivity (Wildman–Crippen MR) is 144 cm³/mol. The molecule has 1 amide bonds. The van der Waals surface area contributed by atoms with Gasteiger partial charge in [-0.1, -0.05) is 12.1 Å². The number of furan rings is 1. The second kappa shape index (κ2) is 11.5. The average Bonchev–Trinajstić information content (AvgIpc) is 3.32. The van der Waals surface area contributed by atoms with Crippen LogP contribution < -0.4 is 14.8 Å². The minimum atomic E-state index is -0.401. The lowest BCUT2D eigenvalue weighted by Gasteiger charge is -2.11. The fourth-order valence-corrected chi connectivity index (χ4v) is 4.01. The first kappa shape index (κ1) is 25.6. The molecule has 0 aliphatic carbocycles. The van der Waals surface area contributed by atoms with Crippen LogP contribution >= 0.6 is 0 Å². The van der Waals surface area contributed by atoms with Crippen molar-refractivity contribution in [3.8, 4) is 22.6 Å². The van der Waals surface area contributed by atoms with E-state index in [9.17, 15) is 9.59 Å². The Balaban J connectivity index is 1.59. The summed E-state index contributed by atoms with van der Waals surface area (Å²) in [5.41, 5.74) is 5.09. The molecule has 4 aromatic rings. The number of benzene rings is 3. The minimum Gasteiger partial charge on any atom is -0.496 e. The number of anilines is 1. The Labute approximate surface area is 215 Å². The van der Waals surface area contributed by atoms with Crippen molar-refractivity contribution in [2.45, 2.75) is 20.8 Å². The monoisotopic (exact) mass is 499 g/mol. The summed E-state index contributed by atoms with van der Waals surface area (Å²) in [7, 11) is 1.58. The number of hydrogen-bond acceptors (Lipinski definition) is 6. The molecule has 0 radical (unpaired) electrons. The van der Waals surface area contributed by atoms with Crippen LogP contribution in [-0.2, 0) is 9.53 Å². The van der Waals surface area contributed by atoms with E-state index in [4.69, 9.17) is 18.6 Å². The van der Waals surface area contributed by atoms with E-state index >= 15 is 0 Å². The first-order chi connectivity index (χ1) is 17.9.